The third-order valence-electron chi connectivity index (χ3n) is 2.55. The Hall–Kier alpha value is -2.01. The van der Waals surface area contributed by atoms with E-state index in [2.05, 4.69) is 33.2 Å². The minimum Gasteiger partial charge on any atom is -0.384 e. The Morgan fingerprint density at radius 2 is 2.00 bits per heavy atom. The molecule has 2 heterocycles. The zero-order chi connectivity index (χ0) is 12.5. The Kier molecular flexibility index (Phi) is 2.68. The lowest BCUT2D eigenvalue weighted by Gasteiger charge is -2.00. The molecule has 4 nitrogen and oxygen atoms in total. The van der Waals surface area contributed by atoms with Crippen molar-refractivity contribution in [2.45, 2.75) is 17.0 Å². The minimum atomic E-state index is 0.501. The maximum Gasteiger partial charge on any atom is 0.128 e. The summed E-state index contributed by atoms with van der Waals surface area (Å²) >= 11 is 1.55. The molecule has 0 fully saturated rings. The summed E-state index contributed by atoms with van der Waals surface area (Å²) in [6, 6.07) is 12.1. The predicted molar refractivity (Wildman–Crippen MR) is 73.6 cm³/mol. The zero-order valence-electron chi connectivity index (χ0n) is 9.84. The second kappa shape index (κ2) is 4.34. The third kappa shape index (κ3) is 2.17. The lowest BCUT2D eigenvalue weighted by molar-refractivity contribution is 0.973. The third-order valence-corrected chi connectivity index (χ3v) is 3.41. The van der Waals surface area contributed by atoms with Crippen molar-refractivity contribution in [2.24, 2.45) is 0 Å². The molecule has 2 aromatic heterocycles. The fraction of sp³-hybridized carbons (Fsp3) is 0.0769. The lowest BCUT2D eigenvalue weighted by atomic mass is 10.3. The van der Waals surface area contributed by atoms with Gasteiger partial charge in [-0.05, 0) is 19.1 Å². The normalized spacial score (nSPS) is 10.9. The van der Waals surface area contributed by atoms with Gasteiger partial charge in [-0.1, -0.05) is 30.0 Å². The summed E-state index contributed by atoms with van der Waals surface area (Å²) in [5.74, 6) is 1.19. The molecule has 1 aromatic carbocycles. The van der Waals surface area contributed by atoms with Gasteiger partial charge in [-0.3, -0.25) is 0 Å². The standard InChI is InChI=1S/C13H12N4S/c1-8-15-11(14)7-13(16-8)18-12-6-9-4-2-3-5-10(9)17-12/h2-7,17H,1H3,(H2,14,15,16). The summed E-state index contributed by atoms with van der Waals surface area (Å²) < 4.78 is 0. The highest BCUT2D eigenvalue weighted by atomic mass is 32.2. The molecule has 5 heteroatoms. The van der Waals surface area contributed by atoms with Crippen LogP contribution >= 0.6 is 11.8 Å². The molecule has 0 saturated heterocycles. The van der Waals surface area contributed by atoms with Gasteiger partial charge in [-0.25, -0.2) is 9.97 Å². The van der Waals surface area contributed by atoms with Crippen LogP contribution < -0.4 is 5.73 Å². The van der Waals surface area contributed by atoms with Gasteiger partial charge in [0.1, 0.15) is 16.7 Å². The topological polar surface area (TPSA) is 67.6 Å². The Balaban J connectivity index is 1.96. The van der Waals surface area contributed by atoms with E-state index in [1.165, 1.54) is 5.39 Å². The van der Waals surface area contributed by atoms with Crippen LogP contribution in [0.1, 0.15) is 5.82 Å². The van der Waals surface area contributed by atoms with Gasteiger partial charge in [-0.15, -0.1) is 0 Å². The van der Waals surface area contributed by atoms with Gasteiger partial charge in [0, 0.05) is 17.0 Å². The number of fused-ring (bicyclic) bond motifs is 1. The fourth-order valence-corrected chi connectivity index (χ4v) is 2.76. The Labute approximate surface area is 109 Å². The molecular weight excluding hydrogens is 244 g/mol. The largest absolute Gasteiger partial charge is 0.384 e. The van der Waals surface area contributed by atoms with Crippen LogP contribution in [-0.4, -0.2) is 15.0 Å². The number of aromatic nitrogens is 3. The summed E-state index contributed by atoms with van der Waals surface area (Å²) in [5.41, 5.74) is 6.84. The average Bonchev–Trinajstić information content (AvgIpc) is 2.69. The van der Waals surface area contributed by atoms with Crippen LogP contribution in [0, 0.1) is 6.92 Å². The highest BCUT2D eigenvalue weighted by Gasteiger charge is 2.05. The number of anilines is 1. The van der Waals surface area contributed by atoms with Gasteiger partial charge in [0.2, 0.25) is 0 Å². The zero-order valence-corrected chi connectivity index (χ0v) is 10.7. The van der Waals surface area contributed by atoms with Gasteiger partial charge in [0.25, 0.3) is 0 Å². The molecule has 0 saturated carbocycles. The molecule has 0 aliphatic rings. The average molecular weight is 256 g/mol. The number of para-hydroxylation sites is 1. The maximum atomic E-state index is 5.71. The Bertz CT molecular complexity index is 652. The summed E-state index contributed by atoms with van der Waals surface area (Å²) in [6.45, 7) is 1.84. The number of hydrogen-bond acceptors (Lipinski definition) is 4. The molecule has 0 radical (unpaired) electrons. The van der Waals surface area contributed by atoms with Crippen molar-refractivity contribution in [3.63, 3.8) is 0 Å². The van der Waals surface area contributed by atoms with E-state index in [9.17, 15) is 0 Å². The molecule has 0 atom stereocenters. The quantitative estimate of drug-likeness (QED) is 0.692. The van der Waals surface area contributed by atoms with E-state index in [1.807, 2.05) is 19.1 Å². The van der Waals surface area contributed by atoms with Crippen molar-refractivity contribution < 1.29 is 0 Å². The van der Waals surface area contributed by atoms with Crippen molar-refractivity contribution >= 4 is 28.5 Å². The van der Waals surface area contributed by atoms with Crippen LogP contribution in [0.15, 0.2) is 46.5 Å². The van der Waals surface area contributed by atoms with Crippen LogP contribution in [0.5, 0.6) is 0 Å². The number of nitrogens with zero attached hydrogens (tertiary/aromatic N) is 2. The van der Waals surface area contributed by atoms with E-state index < -0.39 is 0 Å². The van der Waals surface area contributed by atoms with Crippen LogP contribution in [-0.2, 0) is 0 Å². The van der Waals surface area contributed by atoms with Gasteiger partial charge in [0.05, 0.1) is 5.03 Å². The molecule has 90 valence electrons. The molecule has 0 unspecified atom stereocenters. The van der Waals surface area contributed by atoms with E-state index in [1.54, 1.807) is 17.8 Å². The smallest absolute Gasteiger partial charge is 0.128 e. The summed E-state index contributed by atoms with van der Waals surface area (Å²) in [6.07, 6.45) is 0. The van der Waals surface area contributed by atoms with Crippen LogP contribution in [0.2, 0.25) is 0 Å². The molecule has 18 heavy (non-hydrogen) atoms. The first kappa shape index (κ1) is 11.1. The number of nitrogens with one attached hydrogen (secondary N) is 1. The summed E-state index contributed by atoms with van der Waals surface area (Å²) in [7, 11) is 0. The number of aromatic amines is 1. The molecule has 3 aromatic rings. The maximum absolute atomic E-state index is 5.71. The number of nitrogens with two attached hydrogens (primary N) is 1. The number of aryl methyl sites for hydroxylation is 1. The number of hydrogen-bond donors (Lipinski definition) is 2. The number of rotatable bonds is 2. The van der Waals surface area contributed by atoms with Crippen LogP contribution in [0.4, 0.5) is 5.82 Å². The number of benzene rings is 1. The van der Waals surface area contributed by atoms with Crippen molar-refractivity contribution in [1.29, 1.82) is 0 Å². The second-order valence-corrected chi connectivity index (χ2v) is 5.06. The molecule has 3 rings (SSSR count). The first-order valence-corrected chi connectivity index (χ1v) is 6.39. The fourth-order valence-electron chi connectivity index (χ4n) is 1.83. The SMILES string of the molecule is Cc1nc(N)cc(Sc2cc3ccccc3[nH]2)n1. The van der Waals surface area contributed by atoms with E-state index in [0.717, 1.165) is 15.6 Å². The van der Waals surface area contributed by atoms with E-state index in [-0.39, 0.29) is 0 Å². The van der Waals surface area contributed by atoms with Crippen molar-refractivity contribution in [3.05, 3.63) is 42.2 Å². The highest BCUT2D eigenvalue weighted by Crippen LogP contribution is 2.29. The van der Waals surface area contributed by atoms with Gasteiger partial charge >= 0.3 is 0 Å². The molecule has 0 spiro atoms. The molecule has 0 amide bonds. The van der Waals surface area contributed by atoms with Gasteiger partial charge in [0.15, 0.2) is 0 Å². The van der Waals surface area contributed by atoms with Gasteiger partial charge in [-0.2, -0.15) is 0 Å². The Morgan fingerprint density at radius 1 is 1.17 bits per heavy atom. The lowest BCUT2D eigenvalue weighted by Crippen LogP contribution is -1.96. The van der Waals surface area contributed by atoms with Gasteiger partial charge < -0.3 is 10.7 Å². The van der Waals surface area contributed by atoms with Crippen LogP contribution in [0.3, 0.4) is 0 Å². The molecule has 0 bridgehead atoms. The predicted octanol–water partition coefficient (Wildman–Crippen LogP) is 3.00. The van der Waals surface area contributed by atoms with E-state index in [4.69, 9.17) is 5.73 Å². The van der Waals surface area contributed by atoms with Crippen molar-refractivity contribution in [3.8, 4) is 0 Å². The second-order valence-electron chi connectivity index (χ2n) is 4.00. The summed E-state index contributed by atoms with van der Waals surface area (Å²) in [5, 5.41) is 3.10. The molecule has 0 aliphatic carbocycles. The van der Waals surface area contributed by atoms with E-state index in [0.29, 0.717) is 11.6 Å². The van der Waals surface area contributed by atoms with Crippen molar-refractivity contribution in [1.82, 2.24) is 15.0 Å². The van der Waals surface area contributed by atoms with Crippen LogP contribution in [0.25, 0.3) is 10.9 Å². The molecular formula is C13H12N4S. The number of nitrogen functional groups attached to an aromatic ring is 1. The first-order chi connectivity index (χ1) is 8.70. The van der Waals surface area contributed by atoms with Crippen molar-refractivity contribution in [2.75, 3.05) is 5.73 Å². The highest BCUT2D eigenvalue weighted by molar-refractivity contribution is 7.99. The number of H-pyrrole nitrogens is 1. The monoisotopic (exact) mass is 256 g/mol. The summed E-state index contributed by atoms with van der Waals surface area (Å²) in [4.78, 5) is 11.8. The van der Waals surface area contributed by atoms with E-state index >= 15 is 0 Å². The minimum absolute atomic E-state index is 0.501. The molecule has 3 N–H and O–H groups in total. The first-order valence-electron chi connectivity index (χ1n) is 5.57. The Morgan fingerprint density at radius 3 is 2.78 bits per heavy atom. The molecule has 0 aliphatic heterocycles.